The summed E-state index contributed by atoms with van der Waals surface area (Å²) in [6.45, 7) is 7.63. The topological polar surface area (TPSA) is 86.8 Å². The van der Waals surface area contributed by atoms with Crippen molar-refractivity contribution in [2.75, 3.05) is 17.4 Å². The highest BCUT2D eigenvalue weighted by atomic mass is 79.9. The largest absolute Gasteiger partial charge is 0.355 e. The number of nitrogens with zero attached hydrogens (tertiary/aromatic N) is 2. The Morgan fingerprint density at radius 1 is 0.921 bits per heavy atom. The molecule has 0 saturated carbocycles. The second-order valence-electron chi connectivity index (χ2n) is 9.07. The molecule has 0 aliphatic rings. The zero-order valence-electron chi connectivity index (χ0n) is 22.1. The number of sulfonamides is 1. The molecule has 1 unspecified atom stereocenters. The van der Waals surface area contributed by atoms with Crippen molar-refractivity contribution in [1.29, 1.82) is 0 Å². The smallest absolute Gasteiger partial charge is 0.264 e. The van der Waals surface area contributed by atoms with Gasteiger partial charge in [-0.3, -0.25) is 13.9 Å². The number of carbonyl (C=O) groups is 2. The van der Waals surface area contributed by atoms with Crippen molar-refractivity contribution in [1.82, 2.24) is 10.2 Å². The molecule has 0 fully saturated rings. The SMILES string of the molecule is CCNC(=O)C(CC)N(Cc1ccccc1C)C(=O)CN(c1ccc(Br)cc1)S(=O)(=O)c1ccc(C)cc1. The maximum Gasteiger partial charge on any atom is 0.264 e. The molecule has 3 rings (SSSR count). The van der Waals surface area contributed by atoms with Crippen molar-refractivity contribution < 1.29 is 18.0 Å². The van der Waals surface area contributed by atoms with Crippen LogP contribution in [0, 0.1) is 13.8 Å². The van der Waals surface area contributed by atoms with Crippen LogP contribution in [0.4, 0.5) is 5.69 Å². The molecule has 7 nitrogen and oxygen atoms in total. The number of benzene rings is 3. The fourth-order valence-corrected chi connectivity index (χ4v) is 5.83. The minimum Gasteiger partial charge on any atom is -0.355 e. The summed E-state index contributed by atoms with van der Waals surface area (Å²) < 4.78 is 29.6. The highest BCUT2D eigenvalue weighted by molar-refractivity contribution is 9.10. The Labute approximate surface area is 234 Å². The second-order valence-corrected chi connectivity index (χ2v) is 11.8. The molecule has 0 heterocycles. The molecule has 1 atom stereocenters. The van der Waals surface area contributed by atoms with Crippen LogP contribution in [0.2, 0.25) is 0 Å². The van der Waals surface area contributed by atoms with Gasteiger partial charge in [0.25, 0.3) is 10.0 Å². The van der Waals surface area contributed by atoms with E-state index in [4.69, 9.17) is 0 Å². The highest BCUT2D eigenvalue weighted by Crippen LogP contribution is 2.26. The van der Waals surface area contributed by atoms with E-state index in [1.54, 1.807) is 36.4 Å². The summed E-state index contributed by atoms with van der Waals surface area (Å²) >= 11 is 3.39. The summed E-state index contributed by atoms with van der Waals surface area (Å²) in [5, 5.41) is 2.81. The third kappa shape index (κ3) is 7.02. The van der Waals surface area contributed by atoms with Crippen molar-refractivity contribution in [2.45, 2.75) is 51.6 Å². The van der Waals surface area contributed by atoms with Crippen LogP contribution in [0.1, 0.15) is 37.0 Å². The van der Waals surface area contributed by atoms with Crippen LogP contribution in [0.5, 0.6) is 0 Å². The number of amides is 2. The molecule has 0 bridgehead atoms. The zero-order valence-corrected chi connectivity index (χ0v) is 24.6. The molecule has 0 aromatic heterocycles. The van der Waals surface area contributed by atoms with Gasteiger partial charge >= 0.3 is 0 Å². The predicted molar refractivity (Wildman–Crippen MR) is 154 cm³/mol. The number of aryl methyl sites for hydroxylation is 2. The first-order chi connectivity index (χ1) is 18.1. The van der Waals surface area contributed by atoms with Crippen molar-refractivity contribution in [2.24, 2.45) is 0 Å². The molecule has 3 aromatic rings. The maximum absolute atomic E-state index is 14.0. The number of halogens is 1. The number of rotatable bonds is 11. The first-order valence-electron chi connectivity index (χ1n) is 12.5. The van der Waals surface area contributed by atoms with E-state index in [0.717, 1.165) is 25.5 Å². The number of hydrogen-bond donors (Lipinski definition) is 1. The number of likely N-dealkylation sites (N-methyl/N-ethyl adjacent to an activating group) is 1. The van der Waals surface area contributed by atoms with Gasteiger partial charge in [0.1, 0.15) is 12.6 Å². The minimum absolute atomic E-state index is 0.0834. The van der Waals surface area contributed by atoms with Crippen molar-refractivity contribution >= 4 is 43.5 Å². The molecule has 9 heteroatoms. The lowest BCUT2D eigenvalue weighted by Crippen LogP contribution is -2.52. The summed E-state index contributed by atoms with van der Waals surface area (Å²) in [7, 11) is -4.09. The quantitative estimate of drug-likeness (QED) is 0.328. The van der Waals surface area contributed by atoms with E-state index in [0.29, 0.717) is 18.7 Å². The lowest BCUT2D eigenvalue weighted by molar-refractivity contribution is -0.140. The van der Waals surface area contributed by atoms with Crippen LogP contribution >= 0.6 is 15.9 Å². The van der Waals surface area contributed by atoms with E-state index in [-0.39, 0.29) is 17.3 Å². The second kappa shape index (κ2) is 13.1. The summed E-state index contributed by atoms with van der Waals surface area (Å²) in [5.74, 6) is -0.738. The lowest BCUT2D eigenvalue weighted by Gasteiger charge is -2.33. The number of carbonyl (C=O) groups excluding carboxylic acids is 2. The molecule has 0 aliphatic carbocycles. The molecule has 3 aromatic carbocycles. The van der Waals surface area contributed by atoms with Crippen LogP contribution < -0.4 is 9.62 Å². The monoisotopic (exact) mass is 599 g/mol. The Morgan fingerprint density at radius 2 is 1.55 bits per heavy atom. The van der Waals surface area contributed by atoms with Crippen molar-refractivity contribution in [3.63, 3.8) is 0 Å². The minimum atomic E-state index is -4.09. The Kier molecular flexibility index (Phi) is 10.1. The molecule has 38 heavy (non-hydrogen) atoms. The van der Waals surface area contributed by atoms with Crippen molar-refractivity contribution in [3.8, 4) is 0 Å². The molecular formula is C29H34BrN3O4S. The van der Waals surface area contributed by atoms with Crippen LogP contribution in [-0.2, 0) is 26.2 Å². The van der Waals surface area contributed by atoms with Gasteiger partial charge in [-0.25, -0.2) is 8.42 Å². The summed E-state index contributed by atoms with van der Waals surface area (Å²) in [6.07, 6.45) is 0.381. The Balaban J connectivity index is 2.06. The Morgan fingerprint density at radius 3 is 2.13 bits per heavy atom. The highest BCUT2D eigenvalue weighted by Gasteiger charge is 2.33. The van der Waals surface area contributed by atoms with Crippen LogP contribution in [-0.4, -0.2) is 44.3 Å². The number of hydrogen-bond acceptors (Lipinski definition) is 4. The summed E-state index contributed by atoms with van der Waals surface area (Å²) in [5.41, 5.74) is 3.14. The van der Waals surface area contributed by atoms with Gasteiger partial charge in [0.15, 0.2) is 0 Å². The van der Waals surface area contributed by atoms with Gasteiger partial charge < -0.3 is 10.2 Å². The predicted octanol–water partition coefficient (Wildman–Crippen LogP) is 5.20. The average Bonchev–Trinajstić information content (AvgIpc) is 2.89. The van der Waals surface area contributed by atoms with Crippen LogP contribution in [0.15, 0.2) is 82.2 Å². The molecule has 0 saturated heterocycles. The molecule has 202 valence electrons. The maximum atomic E-state index is 14.0. The van der Waals surface area contributed by atoms with Gasteiger partial charge in [-0.15, -0.1) is 0 Å². The van der Waals surface area contributed by atoms with Gasteiger partial charge in [-0.1, -0.05) is 64.8 Å². The Hall–Kier alpha value is -3.17. The lowest BCUT2D eigenvalue weighted by atomic mass is 10.1. The van der Waals surface area contributed by atoms with Gasteiger partial charge in [-0.05, 0) is 74.7 Å². The Bertz CT molecular complexity index is 1360. The molecular weight excluding hydrogens is 566 g/mol. The number of anilines is 1. The van der Waals surface area contributed by atoms with E-state index >= 15 is 0 Å². The first kappa shape index (κ1) is 29.4. The van der Waals surface area contributed by atoms with Crippen molar-refractivity contribution in [3.05, 3.63) is 94.0 Å². The molecule has 2 amide bonds. The first-order valence-corrected chi connectivity index (χ1v) is 14.8. The van der Waals surface area contributed by atoms with E-state index < -0.39 is 28.5 Å². The third-order valence-electron chi connectivity index (χ3n) is 6.34. The van der Waals surface area contributed by atoms with Gasteiger partial charge in [0, 0.05) is 17.6 Å². The fourth-order valence-electron chi connectivity index (χ4n) is 4.16. The van der Waals surface area contributed by atoms with Crippen LogP contribution in [0.3, 0.4) is 0 Å². The van der Waals surface area contributed by atoms with Gasteiger partial charge in [-0.2, -0.15) is 0 Å². The van der Waals surface area contributed by atoms with E-state index in [1.807, 2.05) is 52.0 Å². The average molecular weight is 601 g/mol. The van der Waals surface area contributed by atoms with E-state index in [9.17, 15) is 18.0 Å². The molecule has 0 spiro atoms. The molecule has 0 radical (unpaired) electrons. The van der Waals surface area contributed by atoms with Gasteiger partial charge in [0.05, 0.1) is 10.6 Å². The standard InChI is InChI=1S/C29H34BrN3O4S/c1-5-27(29(35)31-6-2)32(19-23-10-8-7-9-22(23)4)28(34)20-33(25-15-13-24(30)14-16-25)38(36,37)26-17-11-21(3)12-18-26/h7-18,27H,5-6,19-20H2,1-4H3,(H,31,35). The molecule has 0 aliphatic heterocycles. The van der Waals surface area contributed by atoms with Gasteiger partial charge in [0.2, 0.25) is 11.8 Å². The summed E-state index contributed by atoms with van der Waals surface area (Å²) in [4.78, 5) is 28.6. The fraction of sp³-hybridized carbons (Fsp3) is 0.310. The third-order valence-corrected chi connectivity index (χ3v) is 8.66. The van der Waals surface area contributed by atoms with E-state index in [1.165, 1.54) is 17.0 Å². The summed E-state index contributed by atoms with van der Waals surface area (Å²) in [6, 6.07) is 20.2. The van der Waals surface area contributed by atoms with Crippen LogP contribution in [0.25, 0.3) is 0 Å². The molecule has 1 N–H and O–H groups in total. The van der Waals surface area contributed by atoms with E-state index in [2.05, 4.69) is 21.2 Å². The zero-order chi connectivity index (χ0) is 27.9. The number of nitrogens with one attached hydrogen (secondary N) is 1. The normalized spacial score (nSPS) is 12.0.